The van der Waals surface area contributed by atoms with Crippen molar-refractivity contribution >= 4 is 93.6 Å². The number of aromatic hydroxyl groups is 3. The van der Waals surface area contributed by atoms with Crippen LogP contribution in [-0.4, -0.2) is 93.9 Å². The number of fused-ring (bicyclic) bond motifs is 1. The maximum absolute atomic E-state index is 12.6. The summed E-state index contributed by atoms with van der Waals surface area (Å²) in [5, 5.41) is 64.3. The molecule has 2 heterocycles. The van der Waals surface area contributed by atoms with Crippen molar-refractivity contribution < 1.29 is 50.7 Å². The molecule has 0 radical (unpaired) electrons. The van der Waals surface area contributed by atoms with Crippen LogP contribution in [0.2, 0.25) is 0 Å². The van der Waals surface area contributed by atoms with Crippen LogP contribution in [-0.2, 0) is 29.7 Å². The van der Waals surface area contributed by atoms with E-state index in [-0.39, 0.29) is 45.0 Å². The van der Waals surface area contributed by atoms with Crippen LogP contribution in [0.4, 0.5) is 62.6 Å². The van der Waals surface area contributed by atoms with E-state index in [1.165, 1.54) is 48.5 Å². The third kappa shape index (κ3) is 10.2. The van der Waals surface area contributed by atoms with Crippen molar-refractivity contribution in [2.24, 2.45) is 40.9 Å². The highest BCUT2D eigenvalue weighted by Crippen LogP contribution is 2.48. The molecule has 24 heteroatoms. The number of hydrogen-bond donors (Lipinski definition) is 6. The lowest BCUT2D eigenvalue weighted by atomic mass is 10.1. The molecular formula is C42H39N11O11S2. The third-order valence-corrected chi connectivity index (χ3v) is 12.1. The first-order valence-electron chi connectivity index (χ1n) is 19.9. The maximum atomic E-state index is 12.6. The van der Waals surface area contributed by atoms with Crippen molar-refractivity contribution in [1.29, 1.82) is 0 Å². The molecule has 22 nitrogen and oxygen atoms in total. The number of nitrogens with zero attached hydrogens (tertiary/aromatic N) is 10. The van der Waals surface area contributed by atoms with Gasteiger partial charge in [-0.15, -0.1) is 20.5 Å². The van der Waals surface area contributed by atoms with Crippen LogP contribution in [0.5, 0.6) is 17.2 Å². The van der Waals surface area contributed by atoms with Crippen LogP contribution in [0.15, 0.2) is 148 Å². The fourth-order valence-electron chi connectivity index (χ4n) is 6.94. The lowest BCUT2D eigenvalue weighted by Gasteiger charge is -2.28. The average Bonchev–Trinajstić information content (AvgIpc) is 3.30. The second kappa shape index (κ2) is 18.9. The largest absolute Gasteiger partial charge is 0.506 e. The Hall–Kier alpha value is -7.48. The zero-order chi connectivity index (χ0) is 46.6. The lowest BCUT2D eigenvalue weighted by Crippen LogP contribution is -2.36. The summed E-state index contributed by atoms with van der Waals surface area (Å²) in [5.41, 5.74) is 7.55. The number of benzene rings is 6. The molecule has 340 valence electrons. The Morgan fingerprint density at radius 2 is 0.848 bits per heavy atom. The van der Waals surface area contributed by atoms with E-state index < -0.39 is 52.8 Å². The number of anilines is 3. The normalized spacial score (nSPS) is 15.3. The van der Waals surface area contributed by atoms with E-state index >= 15 is 0 Å². The molecule has 2 aliphatic heterocycles. The van der Waals surface area contributed by atoms with Crippen LogP contribution in [0.3, 0.4) is 0 Å². The zero-order valence-electron chi connectivity index (χ0n) is 34.4. The van der Waals surface area contributed by atoms with Crippen molar-refractivity contribution in [3.8, 4) is 17.2 Å². The van der Waals surface area contributed by atoms with Gasteiger partial charge in [0.05, 0.1) is 60.3 Å². The summed E-state index contributed by atoms with van der Waals surface area (Å²) in [6.45, 7) is 5.12. The van der Waals surface area contributed by atoms with E-state index in [0.717, 1.165) is 23.5 Å². The molecule has 2 fully saturated rings. The molecule has 6 aromatic rings. The molecule has 0 spiro atoms. The molecule has 66 heavy (non-hydrogen) atoms. The molecular weight excluding hydrogens is 899 g/mol. The number of phenolic OH excluding ortho intramolecular Hbond substituents is 3. The molecule has 7 N–H and O–H groups in total. The standard InChI is InChI=1S/C42H39N11O11S2/c43-39-38-25(21-36(65(57,58)59)40(39)50-46-28-5-1-26(2-6-28)44-48-32-11-9-30(23-34(32)54)52-13-17-63-18-14-52)22-37(66(60,61)62)41(42(38)56)51-47-29-7-3-27(4-8-29)45-49-33-12-10-31(24-35(33)55)53-15-19-64-20-16-53/h1-12,21-24,54-56H,13-20,43H2,(H,57,58,59)(H,60,61,62). The number of morpholine rings is 2. The Balaban J connectivity index is 1.03. The highest BCUT2D eigenvalue weighted by molar-refractivity contribution is 7.86. The number of nitrogen functional groups attached to an aromatic ring is 1. The van der Waals surface area contributed by atoms with Crippen molar-refractivity contribution in [2.45, 2.75) is 9.79 Å². The van der Waals surface area contributed by atoms with E-state index in [9.17, 15) is 41.3 Å². The van der Waals surface area contributed by atoms with Crippen molar-refractivity contribution in [3.05, 3.63) is 97.1 Å². The first kappa shape index (κ1) is 45.1. The van der Waals surface area contributed by atoms with Gasteiger partial charge in [0.2, 0.25) is 0 Å². The monoisotopic (exact) mass is 937 g/mol. The third-order valence-electron chi connectivity index (χ3n) is 10.3. The molecule has 8 rings (SSSR count). The summed E-state index contributed by atoms with van der Waals surface area (Å²) in [7, 11) is -10.3. The highest BCUT2D eigenvalue weighted by atomic mass is 32.2. The molecule has 0 atom stereocenters. The van der Waals surface area contributed by atoms with Gasteiger partial charge >= 0.3 is 0 Å². The topological polar surface area (TPSA) is 319 Å². The number of rotatable bonds is 12. The summed E-state index contributed by atoms with van der Waals surface area (Å²) in [4.78, 5) is 2.30. The first-order chi connectivity index (χ1) is 31.6. The predicted molar refractivity (Wildman–Crippen MR) is 242 cm³/mol. The van der Waals surface area contributed by atoms with E-state index in [1.807, 2.05) is 12.1 Å². The minimum absolute atomic E-state index is 0.0673. The second-order valence-electron chi connectivity index (χ2n) is 14.6. The average molecular weight is 938 g/mol. The van der Waals surface area contributed by atoms with Crippen molar-refractivity contribution in [2.75, 3.05) is 68.1 Å². The Kier molecular flexibility index (Phi) is 12.9. The zero-order valence-corrected chi connectivity index (χ0v) is 36.1. The number of hydrogen-bond acceptors (Lipinski definition) is 20. The molecule has 0 saturated carbocycles. The SMILES string of the molecule is Nc1c(N=Nc2ccc(N=Nc3ccc(N4CCOCC4)cc3O)cc2)c(S(=O)(=O)O)cc2cc(S(=O)(=O)O)c(N=Nc3ccc(N=Nc4ccc(N5CCOCC5)cc4O)cc3)c(O)c12. The number of nitrogens with two attached hydrogens (primary N) is 1. The summed E-state index contributed by atoms with van der Waals surface area (Å²) in [6.07, 6.45) is 0. The second-order valence-corrected chi connectivity index (χ2v) is 17.4. The fraction of sp³-hybridized carbons (Fsp3) is 0.190. The summed E-state index contributed by atoms with van der Waals surface area (Å²) >= 11 is 0. The van der Waals surface area contributed by atoms with E-state index in [0.29, 0.717) is 64.0 Å². The van der Waals surface area contributed by atoms with Gasteiger partial charge in [0.15, 0.2) is 5.75 Å². The molecule has 2 aliphatic rings. The highest BCUT2D eigenvalue weighted by Gasteiger charge is 2.28. The molecule has 0 aliphatic carbocycles. The lowest BCUT2D eigenvalue weighted by molar-refractivity contribution is 0.122. The quantitative estimate of drug-likeness (QED) is 0.0378. The Labute approximate surface area is 376 Å². The smallest absolute Gasteiger partial charge is 0.296 e. The van der Waals surface area contributed by atoms with Crippen molar-refractivity contribution in [3.63, 3.8) is 0 Å². The van der Waals surface area contributed by atoms with Crippen LogP contribution in [0.25, 0.3) is 10.8 Å². The maximum Gasteiger partial charge on any atom is 0.296 e. The molecule has 2 saturated heterocycles. The van der Waals surface area contributed by atoms with Gasteiger partial charge in [-0.2, -0.15) is 37.3 Å². The van der Waals surface area contributed by atoms with Gasteiger partial charge in [-0.25, -0.2) is 0 Å². The molecule has 0 amide bonds. The fourth-order valence-corrected chi connectivity index (χ4v) is 8.27. The van der Waals surface area contributed by atoms with Gasteiger partial charge in [0, 0.05) is 49.7 Å². The molecule has 0 unspecified atom stereocenters. The Morgan fingerprint density at radius 3 is 1.23 bits per heavy atom. The minimum atomic E-state index is -5.15. The van der Waals surface area contributed by atoms with E-state index in [4.69, 9.17) is 15.2 Å². The number of azo groups is 4. The summed E-state index contributed by atoms with van der Waals surface area (Å²) in [6, 6.07) is 23.5. The summed E-state index contributed by atoms with van der Waals surface area (Å²) < 4.78 is 81.3. The number of ether oxygens (including phenoxy) is 2. The van der Waals surface area contributed by atoms with Gasteiger partial charge in [-0.1, -0.05) is 0 Å². The van der Waals surface area contributed by atoms with Gasteiger partial charge in [-0.3, -0.25) is 9.11 Å². The molecule has 6 aromatic carbocycles. The van der Waals surface area contributed by atoms with Crippen molar-refractivity contribution in [1.82, 2.24) is 0 Å². The number of phenols is 3. The Morgan fingerprint density at radius 1 is 0.485 bits per heavy atom. The summed E-state index contributed by atoms with van der Waals surface area (Å²) in [5.74, 6) is -1.07. The van der Waals surface area contributed by atoms with E-state index in [1.54, 1.807) is 24.3 Å². The van der Waals surface area contributed by atoms with Crippen LogP contribution < -0.4 is 15.5 Å². The minimum Gasteiger partial charge on any atom is -0.506 e. The van der Waals surface area contributed by atoms with Gasteiger partial charge in [0.1, 0.15) is 44.0 Å². The molecule has 0 bridgehead atoms. The Bertz CT molecular complexity index is 2950. The predicted octanol–water partition coefficient (Wildman–Crippen LogP) is 9.37. The van der Waals surface area contributed by atoms with Gasteiger partial charge in [-0.05, 0) is 90.3 Å². The van der Waals surface area contributed by atoms with Gasteiger partial charge < -0.3 is 40.3 Å². The van der Waals surface area contributed by atoms with Crippen LogP contribution in [0.1, 0.15) is 0 Å². The molecule has 0 aromatic heterocycles. The van der Waals surface area contributed by atoms with Gasteiger partial charge in [0.25, 0.3) is 20.2 Å². The first-order valence-corrected chi connectivity index (χ1v) is 22.8. The van der Waals surface area contributed by atoms with E-state index in [2.05, 4.69) is 50.7 Å². The van der Waals surface area contributed by atoms with Crippen LogP contribution in [0, 0.1) is 0 Å². The van der Waals surface area contributed by atoms with Crippen LogP contribution >= 0.6 is 0 Å².